The number of urea groups is 1. The van der Waals surface area contributed by atoms with Crippen LogP contribution in [-0.2, 0) is 4.79 Å². The Morgan fingerprint density at radius 1 is 1.14 bits per heavy atom. The third-order valence-electron chi connectivity index (χ3n) is 4.71. The SMILES string of the molecule is Cc1cccc(NC(=O)N2CCCC(C(=O)Nc3ccccc3SC(F)F)C2)c1. The van der Waals surface area contributed by atoms with Gasteiger partial charge in [-0.05, 0) is 49.6 Å². The molecule has 2 N–H and O–H groups in total. The third-order valence-corrected chi connectivity index (χ3v) is 5.50. The molecule has 0 spiro atoms. The highest BCUT2D eigenvalue weighted by Gasteiger charge is 2.29. The van der Waals surface area contributed by atoms with Crippen LogP contribution in [0, 0.1) is 12.8 Å². The van der Waals surface area contributed by atoms with E-state index in [9.17, 15) is 18.4 Å². The van der Waals surface area contributed by atoms with E-state index in [0.717, 1.165) is 5.56 Å². The number of carbonyl (C=O) groups is 2. The van der Waals surface area contributed by atoms with E-state index in [1.54, 1.807) is 29.2 Å². The monoisotopic (exact) mass is 419 g/mol. The summed E-state index contributed by atoms with van der Waals surface area (Å²) in [5, 5.41) is 5.61. The van der Waals surface area contributed by atoms with Gasteiger partial charge in [-0.25, -0.2) is 4.79 Å². The average molecular weight is 419 g/mol. The predicted octanol–water partition coefficient (Wildman–Crippen LogP) is 5.19. The highest BCUT2D eigenvalue weighted by molar-refractivity contribution is 7.99. The molecule has 0 bridgehead atoms. The van der Waals surface area contributed by atoms with Crippen molar-refractivity contribution in [2.45, 2.75) is 30.4 Å². The molecule has 3 amide bonds. The standard InChI is InChI=1S/C21H23F2N3O2S/c1-14-6-4-8-16(12-14)24-21(28)26-11-5-7-15(13-26)19(27)25-17-9-2-3-10-18(17)29-20(22)23/h2-4,6,8-10,12,15,20H,5,7,11,13H2,1H3,(H,24,28)(H,25,27). The maximum atomic E-state index is 12.7. The van der Waals surface area contributed by atoms with Gasteiger partial charge >= 0.3 is 6.03 Å². The maximum Gasteiger partial charge on any atom is 0.321 e. The minimum atomic E-state index is -2.57. The Bertz CT molecular complexity index is 879. The number of thioether (sulfide) groups is 1. The van der Waals surface area contributed by atoms with Crippen molar-refractivity contribution in [3.63, 3.8) is 0 Å². The van der Waals surface area contributed by atoms with Crippen molar-refractivity contribution >= 4 is 35.1 Å². The summed E-state index contributed by atoms with van der Waals surface area (Å²) < 4.78 is 25.5. The molecule has 1 atom stereocenters. The summed E-state index contributed by atoms with van der Waals surface area (Å²) in [6.07, 6.45) is 1.34. The highest BCUT2D eigenvalue weighted by Crippen LogP contribution is 2.32. The number of nitrogens with one attached hydrogen (secondary N) is 2. The van der Waals surface area contributed by atoms with Gasteiger partial charge in [-0.2, -0.15) is 8.78 Å². The fourth-order valence-electron chi connectivity index (χ4n) is 3.30. The molecule has 1 heterocycles. The third kappa shape index (κ3) is 5.93. The Morgan fingerprint density at radius 2 is 1.93 bits per heavy atom. The van der Waals surface area contributed by atoms with E-state index in [-0.39, 0.29) is 18.5 Å². The number of likely N-dealkylation sites (tertiary alicyclic amines) is 1. The first-order valence-electron chi connectivity index (χ1n) is 9.39. The van der Waals surface area contributed by atoms with E-state index in [4.69, 9.17) is 0 Å². The van der Waals surface area contributed by atoms with E-state index in [0.29, 0.717) is 47.4 Å². The van der Waals surface area contributed by atoms with Gasteiger partial charge in [-0.1, -0.05) is 36.0 Å². The largest absolute Gasteiger partial charge is 0.325 e. The first kappa shape index (κ1) is 21.1. The molecule has 0 radical (unpaired) electrons. The number of hydrogen-bond acceptors (Lipinski definition) is 3. The molecule has 2 aromatic rings. The van der Waals surface area contributed by atoms with E-state index in [1.165, 1.54) is 0 Å². The quantitative estimate of drug-likeness (QED) is 0.656. The number of hydrogen-bond donors (Lipinski definition) is 2. The molecule has 1 aliphatic heterocycles. The summed E-state index contributed by atoms with van der Waals surface area (Å²) in [4.78, 5) is 27.2. The van der Waals surface area contributed by atoms with Gasteiger partial charge in [0.15, 0.2) is 0 Å². The lowest BCUT2D eigenvalue weighted by molar-refractivity contribution is -0.121. The van der Waals surface area contributed by atoms with Gasteiger partial charge in [0, 0.05) is 23.7 Å². The second-order valence-electron chi connectivity index (χ2n) is 6.95. The minimum Gasteiger partial charge on any atom is -0.325 e. The van der Waals surface area contributed by atoms with Crippen LogP contribution in [-0.4, -0.2) is 35.7 Å². The lowest BCUT2D eigenvalue weighted by Crippen LogP contribution is -2.45. The number of anilines is 2. The topological polar surface area (TPSA) is 61.4 Å². The van der Waals surface area contributed by atoms with Crippen LogP contribution in [0.25, 0.3) is 0 Å². The number of aryl methyl sites for hydroxylation is 1. The lowest BCUT2D eigenvalue weighted by Gasteiger charge is -2.32. The van der Waals surface area contributed by atoms with Gasteiger partial charge in [-0.15, -0.1) is 0 Å². The smallest absolute Gasteiger partial charge is 0.321 e. The van der Waals surface area contributed by atoms with Crippen molar-refractivity contribution in [3.8, 4) is 0 Å². The molecule has 29 heavy (non-hydrogen) atoms. The number of amides is 3. The molecule has 1 fully saturated rings. The van der Waals surface area contributed by atoms with Crippen molar-refractivity contribution in [1.29, 1.82) is 0 Å². The Labute approximate surface area is 172 Å². The number of alkyl halides is 2. The highest BCUT2D eigenvalue weighted by atomic mass is 32.2. The fraction of sp³-hybridized carbons (Fsp3) is 0.333. The van der Waals surface area contributed by atoms with Gasteiger partial charge in [0.1, 0.15) is 0 Å². The molecule has 0 saturated carbocycles. The van der Waals surface area contributed by atoms with E-state index in [2.05, 4.69) is 10.6 Å². The minimum absolute atomic E-state index is 0.248. The molecule has 1 aliphatic rings. The number of para-hydroxylation sites is 1. The van der Waals surface area contributed by atoms with Crippen molar-refractivity contribution < 1.29 is 18.4 Å². The predicted molar refractivity (Wildman–Crippen MR) is 111 cm³/mol. The van der Waals surface area contributed by atoms with Crippen LogP contribution in [0.3, 0.4) is 0 Å². The van der Waals surface area contributed by atoms with Crippen molar-refractivity contribution in [2.24, 2.45) is 5.92 Å². The Morgan fingerprint density at radius 3 is 2.69 bits per heavy atom. The van der Waals surface area contributed by atoms with Crippen LogP contribution in [0.5, 0.6) is 0 Å². The molecule has 5 nitrogen and oxygen atoms in total. The first-order valence-corrected chi connectivity index (χ1v) is 10.3. The van der Waals surface area contributed by atoms with Gasteiger partial charge in [0.25, 0.3) is 5.76 Å². The van der Waals surface area contributed by atoms with Crippen molar-refractivity contribution in [2.75, 3.05) is 23.7 Å². The summed E-state index contributed by atoms with van der Waals surface area (Å²) in [6, 6.07) is 13.8. The zero-order chi connectivity index (χ0) is 20.8. The number of benzene rings is 2. The molecule has 0 aliphatic carbocycles. The fourth-order valence-corrected chi connectivity index (χ4v) is 3.90. The Balaban J connectivity index is 1.61. The summed E-state index contributed by atoms with van der Waals surface area (Å²) in [6.45, 7) is 2.80. The number of nitrogens with zero attached hydrogens (tertiary/aromatic N) is 1. The second-order valence-corrected chi connectivity index (χ2v) is 7.98. The second kappa shape index (κ2) is 9.73. The van der Waals surface area contributed by atoms with E-state index >= 15 is 0 Å². The van der Waals surface area contributed by atoms with Gasteiger partial charge in [0.2, 0.25) is 5.91 Å². The maximum absolute atomic E-state index is 12.7. The van der Waals surface area contributed by atoms with Crippen molar-refractivity contribution in [1.82, 2.24) is 4.90 Å². The zero-order valence-corrected chi connectivity index (χ0v) is 16.8. The number of carbonyl (C=O) groups excluding carboxylic acids is 2. The zero-order valence-electron chi connectivity index (χ0n) is 16.0. The van der Waals surface area contributed by atoms with Crippen molar-refractivity contribution in [3.05, 3.63) is 54.1 Å². The Kier molecular flexibility index (Phi) is 7.09. The normalized spacial score (nSPS) is 16.6. The number of halogens is 2. The van der Waals surface area contributed by atoms with Gasteiger partial charge in [-0.3, -0.25) is 4.79 Å². The molecule has 3 rings (SSSR count). The molecular weight excluding hydrogens is 396 g/mol. The summed E-state index contributed by atoms with van der Waals surface area (Å²) in [5.74, 6) is -3.22. The number of rotatable bonds is 5. The van der Waals surface area contributed by atoms with Crippen LogP contribution in [0.4, 0.5) is 25.0 Å². The molecule has 1 unspecified atom stereocenters. The Hall–Kier alpha value is -2.61. The van der Waals surface area contributed by atoms with E-state index in [1.807, 2.05) is 31.2 Å². The summed E-state index contributed by atoms with van der Waals surface area (Å²) in [5.41, 5.74) is 2.11. The van der Waals surface area contributed by atoms with Crippen LogP contribution < -0.4 is 10.6 Å². The molecule has 1 saturated heterocycles. The van der Waals surface area contributed by atoms with E-state index < -0.39 is 11.7 Å². The number of piperidine rings is 1. The lowest BCUT2D eigenvalue weighted by atomic mass is 9.97. The van der Waals surface area contributed by atoms with Crippen LogP contribution in [0.15, 0.2) is 53.4 Å². The first-order chi connectivity index (χ1) is 13.9. The molecule has 2 aromatic carbocycles. The van der Waals surface area contributed by atoms with Gasteiger partial charge in [0.05, 0.1) is 11.6 Å². The van der Waals surface area contributed by atoms with Gasteiger partial charge < -0.3 is 15.5 Å². The van der Waals surface area contributed by atoms with Crippen LogP contribution >= 0.6 is 11.8 Å². The molecule has 154 valence electrons. The molecular formula is C21H23F2N3O2S. The van der Waals surface area contributed by atoms with Crippen LogP contribution in [0.1, 0.15) is 18.4 Å². The summed E-state index contributed by atoms with van der Waals surface area (Å²) in [7, 11) is 0. The molecule has 8 heteroatoms. The average Bonchev–Trinajstić information content (AvgIpc) is 2.69. The summed E-state index contributed by atoms with van der Waals surface area (Å²) >= 11 is 0.399. The van der Waals surface area contributed by atoms with Crippen LogP contribution in [0.2, 0.25) is 0 Å². The molecule has 0 aromatic heterocycles.